The average Bonchev–Trinajstić information content (AvgIpc) is 2.79. The van der Waals surface area contributed by atoms with Crippen molar-refractivity contribution in [3.05, 3.63) is 0 Å². The van der Waals surface area contributed by atoms with Crippen molar-refractivity contribution in [1.82, 2.24) is 19.6 Å². The summed E-state index contributed by atoms with van der Waals surface area (Å²) in [6.07, 6.45) is 10.6. The van der Waals surface area contributed by atoms with E-state index in [1.165, 1.54) is 25.7 Å². The van der Waals surface area contributed by atoms with Crippen LogP contribution in [0.2, 0.25) is 0 Å². The molecule has 0 aromatic carbocycles. The van der Waals surface area contributed by atoms with E-state index < -0.39 is 0 Å². The highest BCUT2D eigenvalue weighted by atomic mass is 16.5. The average molecular weight is 449 g/mol. The fourth-order valence-corrected chi connectivity index (χ4v) is 5.63. The lowest BCUT2D eigenvalue weighted by molar-refractivity contribution is -0.140. The fourth-order valence-electron chi connectivity index (χ4n) is 5.63. The van der Waals surface area contributed by atoms with Gasteiger partial charge in [-0.2, -0.15) is 0 Å². The molecule has 0 atom stereocenters. The molecule has 0 unspecified atom stereocenters. The van der Waals surface area contributed by atoms with Crippen LogP contribution in [0.4, 0.5) is 0 Å². The van der Waals surface area contributed by atoms with E-state index in [0.717, 1.165) is 97.1 Å². The third kappa shape index (κ3) is 6.23. The summed E-state index contributed by atoms with van der Waals surface area (Å²) in [5.74, 6) is 0.760. The van der Waals surface area contributed by atoms with Gasteiger partial charge in [0.15, 0.2) is 0 Å². The number of carbonyl (C=O) groups is 2. The van der Waals surface area contributed by atoms with Crippen molar-refractivity contribution in [3.8, 4) is 0 Å². The van der Waals surface area contributed by atoms with Gasteiger partial charge in [0, 0.05) is 70.9 Å². The zero-order chi connectivity index (χ0) is 22.3. The molecule has 0 radical (unpaired) electrons. The number of ether oxygens (including phenoxy) is 1. The second kappa shape index (κ2) is 11.8. The number of nitrogens with zero attached hydrogens (tertiary/aromatic N) is 4. The third-order valence-electron chi connectivity index (χ3n) is 8.18. The maximum atomic E-state index is 13.0. The first-order valence-electron chi connectivity index (χ1n) is 13.3. The second-order valence-corrected chi connectivity index (χ2v) is 10.3. The summed E-state index contributed by atoms with van der Waals surface area (Å²) < 4.78 is 5.95. The first kappa shape index (κ1) is 24.0. The summed E-state index contributed by atoms with van der Waals surface area (Å²) in [6.45, 7) is 10.5. The monoisotopic (exact) mass is 448 g/mol. The van der Waals surface area contributed by atoms with Crippen molar-refractivity contribution in [2.45, 2.75) is 76.9 Å². The Bertz CT molecular complexity index is 602. The third-order valence-corrected chi connectivity index (χ3v) is 8.18. The summed E-state index contributed by atoms with van der Waals surface area (Å²) >= 11 is 0. The van der Waals surface area contributed by atoms with Gasteiger partial charge < -0.3 is 14.5 Å². The number of hydrogen-bond donors (Lipinski definition) is 0. The Hall–Kier alpha value is -1.18. The summed E-state index contributed by atoms with van der Waals surface area (Å²) in [5, 5.41) is 0. The standard InChI is InChI=1S/C25H44N4O3/c1-2-3-19-32-23-9-7-21(8-10-23)25(31)29-13-11-26(12-14-29)20-24(30)28-17-15-27(16-18-28)22-5-4-6-22/h21-23H,2-20H2,1H3. The van der Waals surface area contributed by atoms with Crippen LogP contribution in [0.3, 0.4) is 0 Å². The molecule has 0 bridgehead atoms. The number of unbranched alkanes of at least 4 members (excludes halogenated alkanes) is 1. The first-order valence-corrected chi connectivity index (χ1v) is 13.3. The van der Waals surface area contributed by atoms with Crippen LogP contribution in [0.15, 0.2) is 0 Å². The van der Waals surface area contributed by atoms with Gasteiger partial charge in [-0.3, -0.25) is 19.4 Å². The molecule has 2 aliphatic carbocycles. The lowest BCUT2D eigenvalue weighted by atomic mass is 9.86. The lowest BCUT2D eigenvalue weighted by Crippen LogP contribution is -2.56. The molecule has 2 aliphatic heterocycles. The van der Waals surface area contributed by atoms with Crippen LogP contribution in [0, 0.1) is 5.92 Å². The van der Waals surface area contributed by atoms with Crippen LogP contribution >= 0.6 is 0 Å². The van der Waals surface area contributed by atoms with Crippen molar-refractivity contribution >= 4 is 11.8 Å². The summed E-state index contributed by atoms with van der Waals surface area (Å²) in [7, 11) is 0. The molecule has 182 valence electrons. The van der Waals surface area contributed by atoms with Gasteiger partial charge in [-0.15, -0.1) is 0 Å². The van der Waals surface area contributed by atoms with E-state index in [4.69, 9.17) is 4.74 Å². The van der Waals surface area contributed by atoms with Crippen LogP contribution in [0.25, 0.3) is 0 Å². The Morgan fingerprint density at radius 1 is 0.812 bits per heavy atom. The highest BCUT2D eigenvalue weighted by Crippen LogP contribution is 2.28. The van der Waals surface area contributed by atoms with Crippen LogP contribution in [0.5, 0.6) is 0 Å². The van der Waals surface area contributed by atoms with E-state index in [0.29, 0.717) is 18.6 Å². The highest BCUT2D eigenvalue weighted by Gasteiger charge is 2.33. The molecule has 0 aromatic rings. The van der Waals surface area contributed by atoms with Gasteiger partial charge in [-0.05, 0) is 44.9 Å². The fraction of sp³-hybridized carbons (Fsp3) is 0.920. The molecular formula is C25H44N4O3. The predicted molar refractivity (Wildman–Crippen MR) is 125 cm³/mol. The molecule has 7 nitrogen and oxygen atoms in total. The Labute approximate surface area is 194 Å². The highest BCUT2D eigenvalue weighted by molar-refractivity contribution is 5.79. The maximum Gasteiger partial charge on any atom is 0.236 e. The zero-order valence-corrected chi connectivity index (χ0v) is 20.2. The molecule has 0 aromatic heterocycles. The van der Waals surface area contributed by atoms with Gasteiger partial charge in [0.2, 0.25) is 11.8 Å². The molecular weight excluding hydrogens is 404 g/mol. The molecule has 2 saturated carbocycles. The molecule has 2 amide bonds. The molecule has 0 spiro atoms. The van der Waals surface area contributed by atoms with Gasteiger partial charge in [0.05, 0.1) is 12.6 Å². The molecule has 4 aliphatic rings. The Morgan fingerprint density at radius 2 is 1.47 bits per heavy atom. The normalized spacial score (nSPS) is 28.5. The Morgan fingerprint density at radius 3 is 2.06 bits per heavy atom. The van der Waals surface area contributed by atoms with Gasteiger partial charge >= 0.3 is 0 Å². The zero-order valence-electron chi connectivity index (χ0n) is 20.2. The molecule has 4 rings (SSSR count). The number of carbonyl (C=O) groups excluding carboxylic acids is 2. The topological polar surface area (TPSA) is 56.3 Å². The summed E-state index contributed by atoms with van der Waals surface area (Å²) in [4.78, 5) is 34.7. The van der Waals surface area contributed by atoms with Crippen molar-refractivity contribution in [2.24, 2.45) is 5.92 Å². The largest absolute Gasteiger partial charge is 0.378 e. The number of hydrogen-bond acceptors (Lipinski definition) is 5. The molecule has 2 saturated heterocycles. The van der Waals surface area contributed by atoms with Gasteiger partial charge in [-0.1, -0.05) is 19.8 Å². The quantitative estimate of drug-likeness (QED) is 0.533. The van der Waals surface area contributed by atoms with E-state index >= 15 is 0 Å². The number of piperazine rings is 2. The minimum absolute atomic E-state index is 0.168. The summed E-state index contributed by atoms with van der Waals surface area (Å²) in [6, 6.07) is 0.779. The Kier molecular flexibility index (Phi) is 8.83. The van der Waals surface area contributed by atoms with Crippen molar-refractivity contribution in [1.29, 1.82) is 0 Å². The lowest BCUT2D eigenvalue weighted by Gasteiger charge is -2.43. The second-order valence-electron chi connectivity index (χ2n) is 10.3. The first-order chi connectivity index (χ1) is 15.6. The van der Waals surface area contributed by atoms with Crippen molar-refractivity contribution in [2.75, 3.05) is 65.5 Å². The van der Waals surface area contributed by atoms with Crippen LogP contribution in [0.1, 0.15) is 64.7 Å². The summed E-state index contributed by atoms with van der Waals surface area (Å²) in [5.41, 5.74) is 0. The van der Waals surface area contributed by atoms with Crippen molar-refractivity contribution < 1.29 is 14.3 Å². The van der Waals surface area contributed by atoms with Crippen LogP contribution in [-0.2, 0) is 14.3 Å². The molecule has 4 fully saturated rings. The molecule has 2 heterocycles. The minimum atomic E-state index is 0.168. The van der Waals surface area contributed by atoms with E-state index in [1.807, 2.05) is 9.80 Å². The van der Waals surface area contributed by atoms with Crippen molar-refractivity contribution in [3.63, 3.8) is 0 Å². The van der Waals surface area contributed by atoms with Gasteiger partial charge in [0.25, 0.3) is 0 Å². The van der Waals surface area contributed by atoms with E-state index in [-0.39, 0.29) is 11.8 Å². The van der Waals surface area contributed by atoms with Gasteiger partial charge in [0.1, 0.15) is 0 Å². The van der Waals surface area contributed by atoms with E-state index in [2.05, 4.69) is 16.7 Å². The Balaban J connectivity index is 1.12. The van der Waals surface area contributed by atoms with Gasteiger partial charge in [-0.25, -0.2) is 0 Å². The van der Waals surface area contributed by atoms with Crippen LogP contribution in [-0.4, -0.2) is 109 Å². The molecule has 32 heavy (non-hydrogen) atoms. The van der Waals surface area contributed by atoms with E-state index in [1.54, 1.807) is 0 Å². The maximum absolute atomic E-state index is 13.0. The predicted octanol–water partition coefficient (Wildman–Crippen LogP) is 2.20. The number of rotatable bonds is 8. The van der Waals surface area contributed by atoms with Crippen LogP contribution < -0.4 is 0 Å². The number of amides is 2. The molecule has 0 N–H and O–H groups in total. The molecule has 7 heteroatoms. The van der Waals surface area contributed by atoms with E-state index in [9.17, 15) is 9.59 Å². The SMILES string of the molecule is CCCCOC1CCC(C(=O)N2CCN(CC(=O)N3CCN(C4CCC4)CC3)CC2)CC1. The minimum Gasteiger partial charge on any atom is -0.378 e. The smallest absolute Gasteiger partial charge is 0.236 e.